The maximum atomic E-state index is 6.21. The summed E-state index contributed by atoms with van der Waals surface area (Å²) >= 11 is 13.8. The Bertz CT molecular complexity index is 605. The molecule has 0 saturated heterocycles. The summed E-state index contributed by atoms with van der Waals surface area (Å²) in [6, 6.07) is 5.56. The lowest BCUT2D eigenvalue weighted by Crippen LogP contribution is -2.36. The van der Waals surface area contributed by atoms with Gasteiger partial charge in [-0.15, -0.1) is 10.2 Å². The Hall–Kier alpha value is -0.680. The average molecular weight is 344 g/mol. The lowest BCUT2D eigenvalue weighted by atomic mass is 10.1. The second-order valence-corrected chi connectivity index (χ2v) is 7.73. The molecule has 0 atom stereocenters. The largest absolute Gasteiger partial charge is 0.312 e. The smallest absolute Gasteiger partial charge is 0.149 e. The first-order valence-corrected chi connectivity index (χ1v) is 8.46. The number of halogens is 2. The quantitative estimate of drug-likeness (QED) is 0.789. The highest BCUT2D eigenvalue weighted by Gasteiger charge is 2.12. The van der Waals surface area contributed by atoms with Gasteiger partial charge in [0.05, 0.1) is 10.0 Å². The van der Waals surface area contributed by atoms with Crippen LogP contribution in [0.4, 0.5) is 0 Å². The second kappa shape index (κ2) is 7.05. The third-order valence-electron chi connectivity index (χ3n) is 2.87. The second-order valence-electron chi connectivity index (χ2n) is 5.88. The van der Waals surface area contributed by atoms with Crippen LogP contribution in [0.5, 0.6) is 0 Å². The van der Waals surface area contributed by atoms with Crippen molar-refractivity contribution in [3.8, 4) is 10.6 Å². The molecule has 3 nitrogen and oxygen atoms in total. The lowest BCUT2D eigenvalue weighted by molar-refractivity contribution is 0.422. The van der Waals surface area contributed by atoms with E-state index in [4.69, 9.17) is 23.2 Å². The molecule has 2 rings (SSSR count). The van der Waals surface area contributed by atoms with Gasteiger partial charge in [0, 0.05) is 17.5 Å². The van der Waals surface area contributed by atoms with Gasteiger partial charge < -0.3 is 5.32 Å². The normalized spacial score (nSPS) is 11.9. The highest BCUT2D eigenvalue weighted by atomic mass is 35.5. The maximum absolute atomic E-state index is 6.21. The summed E-state index contributed by atoms with van der Waals surface area (Å²) in [5, 5.41) is 14.8. The van der Waals surface area contributed by atoms with Crippen molar-refractivity contribution < 1.29 is 0 Å². The molecule has 0 radical (unpaired) electrons. The Morgan fingerprint density at radius 2 is 1.95 bits per heavy atom. The van der Waals surface area contributed by atoms with Crippen LogP contribution in [0.1, 0.15) is 32.2 Å². The molecule has 0 bridgehead atoms. The van der Waals surface area contributed by atoms with E-state index in [2.05, 4.69) is 36.3 Å². The molecule has 1 aromatic heterocycles. The zero-order valence-corrected chi connectivity index (χ0v) is 14.7. The summed E-state index contributed by atoms with van der Waals surface area (Å²) in [5.74, 6) is 0. The summed E-state index contributed by atoms with van der Waals surface area (Å²) < 4.78 is 0. The van der Waals surface area contributed by atoms with Gasteiger partial charge >= 0.3 is 0 Å². The monoisotopic (exact) mass is 343 g/mol. The number of aryl methyl sites for hydroxylation is 1. The average Bonchev–Trinajstić information content (AvgIpc) is 2.85. The van der Waals surface area contributed by atoms with Crippen LogP contribution in [-0.4, -0.2) is 22.3 Å². The Morgan fingerprint density at radius 1 is 1.19 bits per heavy atom. The first kappa shape index (κ1) is 16.7. The van der Waals surface area contributed by atoms with Crippen molar-refractivity contribution in [1.29, 1.82) is 0 Å². The molecule has 0 aliphatic rings. The molecule has 114 valence electrons. The number of rotatable bonds is 5. The van der Waals surface area contributed by atoms with Gasteiger partial charge in [-0.05, 0) is 39.8 Å². The number of benzene rings is 1. The van der Waals surface area contributed by atoms with Gasteiger partial charge in [-0.3, -0.25) is 0 Å². The molecule has 0 aliphatic carbocycles. The molecule has 0 amide bonds. The molecule has 0 unspecified atom stereocenters. The van der Waals surface area contributed by atoms with E-state index in [1.807, 2.05) is 12.1 Å². The van der Waals surface area contributed by atoms with Gasteiger partial charge in [0.2, 0.25) is 0 Å². The van der Waals surface area contributed by atoms with E-state index >= 15 is 0 Å². The molecule has 0 saturated carbocycles. The fourth-order valence-electron chi connectivity index (χ4n) is 1.84. The molecule has 6 heteroatoms. The standard InChI is InChI=1S/C15H19Cl2N3S/c1-15(2,3)18-9-5-8-12-19-20-14(21-12)10-6-4-7-11(16)13(10)17/h4,6-7,18H,5,8-9H2,1-3H3. The van der Waals surface area contributed by atoms with E-state index in [1.165, 1.54) is 0 Å². The van der Waals surface area contributed by atoms with Crippen LogP contribution in [0.3, 0.4) is 0 Å². The van der Waals surface area contributed by atoms with Gasteiger partial charge in [0.15, 0.2) is 0 Å². The highest BCUT2D eigenvalue weighted by molar-refractivity contribution is 7.14. The van der Waals surface area contributed by atoms with E-state index in [0.29, 0.717) is 10.0 Å². The Balaban J connectivity index is 1.97. The molecule has 1 N–H and O–H groups in total. The first-order valence-electron chi connectivity index (χ1n) is 6.88. The number of aromatic nitrogens is 2. The molecule has 2 aromatic rings. The van der Waals surface area contributed by atoms with Crippen LogP contribution in [-0.2, 0) is 6.42 Å². The number of hydrogen-bond acceptors (Lipinski definition) is 4. The Morgan fingerprint density at radius 3 is 2.67 bits per heavy atom. The minimum atomic E-state index is 0.153. The van der Waals surface area contributed by atoms with E-state index < -0.39 is 0 Å². The maximum Gasteiger partial charge on any atom is 0.149 e. The zero-order valence-electron chi connectivity index (χ0n) is 12.4. The molecule has 1 heterocycles. The van der Waals surface area contributed by atoms with Crippen LogP contribution in [0.15, 0.2) is 18.2 Å². The zero-order chi connectivity index (χ0) is 15.5. The minimum absolute atomic E-state index is 0.153. The lowest BCUT2D eigenvalue weighted by Gasteiger charge is -2.20. The fourth-order valence-corrected chi connectivity index (χ4v) is 3.19. The number of nitrogens with one attached hydrogen (secondary N) is 1. The Kier molecular flexibility index (Phi) is 5.60. The summed E-state index contributed by atoms with van der Waals surface area (Å²) in [4.78, 5) is 0. The predicted molar refractivity (Wildman–Crippen MR) is 91.4 cm³/mol. The molecular formula is C15H19Cl2N3S. The summed E-state index contributed by atoms with van der Waals surface area (Å²) in [6.07, 6.45) is 1.95. The van der Waals surface area contributed by atoms with E-state index in [0.717, 1.165) is 35.0 Å². The molecule has 0 aliphatic heterocycles. The number of hydrogen-bond donors (Lipinski definition) is 1. The summed E-state index contributed by atoms with van der Waals surface area (Å²) in [5.41, 5.74) is 1.00. The van der Waals surface area contributed by atoms with E-state index in [-0.39, 0.29) is 5.54 Å². The molecule has 1 aromatic carbocycles. The number of nitrogens with zero attached hydrogens (tertiary/aromatic N) is 2. The van der Waals surface area contributed by atoms with Crippen molar-refractivity contribution in [1.82, 2.24) is 15.5 Å². The highest BCUT2D eigenvalue weighted by Crippen LogP contribution is 2.34. The van der Waals surface area contributed by atoms with Crippen LogP contribution >= 0.6 is 34.5 Å². The molecule has 0 spiro atoms. The molecule has 21 heavy (non-hydrogen) atoms. The van der Waals surface area contributed by atoms with Gasteiger partial charge in [0.1, 0.15) is 10.0 Å². The third kappa shape index (κ3) is 4.92. The summed E-state index contributed by atoms with van der Waals surface area (Å²) in [6.45, 7) is 7.46. The van der Waals surface area contributed by atoms with Gasteiger partial charge in [-0.2, -0.15) is 0 Å². The van der Waals surface area contributed by atoms with Crippen molar-refractivity contribution in [2.75, 3.05) is 6.54 Å². The van der Waals surface area contributed by atoms with E-state index in [9.17, 15) is 0 Å². The first-order chi connectivity index (χ1) is 9.87. The van der Waals surface area contributed by atoms with Crippen LogP contribution < -0.4 is 5.32 Å². The third-order valence-corrected chi connectivity index (χ3v) is 4.71. The van der Waals surface area contributed by atoms with Crippen molar-refractivity contribution in [2.24, 2.45) is 0 Å². The minimum Gasteiger partial charge on any atom is -0.312 e. The van der Waals surface area contributed by atoms with Crippen LogP contribution in [0.25, 0.3) is 10.6 Å². The topological polar surface area (TPSA) is 37.8 Å². The van der Waals surface area contributed by atoms with Crippen LogP contribution in [0, 0.1) is 0 Å². The molecular weight excluding hydrogens is 325 g/mol. The van der Waals surface area contributed by atoms with Crippen molar-refractivity contribution in [3.05, 3.63) is 33.3 Å². The predicted octanol–water partition coefficient (Wildman–Crippen LogP) is 4.83. The van der Waals surface area contributed by atoms with Crippen LogP contribution in [0.2, 0.25) is 10.0 Å². The van der Waals surface area contributed by atoms with Gasteiger partial charge in [-0.1, -0.05) is 46.7 Å². The van der Waals surface area contributed by atoms with E-state index in [1.54, 1.807) is 17.4 Å². The SMILES string of the molecule is CC(C)(C)NCCCc1nnc(-c2cccc(Cl)c2Cl)s1. The Labute approximate surface area is 139 Å². The van der Waals surface area contributed by atoms with Gasteiger partial charge in [-0.25, -0.2) is 0 Å². The summed E-state index contributed by atoms with van der Waals surface area (Å²) in [7, 11) is 0. The molecule has 0 fully saturated rings. The van der Waals surface area contributed by atoms with Crippen molar-refractivity contribution >= 4 is 34.5 Å². The fraction of sp³-hybridized carbons (Fsp3) is 0.467. The van der Waals surface area contributed by atoms with Gasteiger partial charge in [0.25, 0.3) is 0 Å². The van der Waals surface area contributed by atoms with Crippen molar-refractivity contribution in [2.45, 2.75) is 39.2 Å². The van der Waals surface area contributed by atoms with Crippen molar-refractivity contribution in [3.63, 3.8) is 0 Å².